The second-order valence-corrected chi connectivity index (χ2v) is 8.17. The fourth-order valence-corrected chi connectivity index (χ4v) is 4.05. The number of anilines is 1. The summed E-state index contributed by atoms with van der Waals surface area (Å²) in [6.07, 6.45) is -4.67. The Morgan fingerprint density at radius 1 is 1.21 bits per heavy atom. The van der Waals surface area contributed by atoms with E-state index in [1.807, 2.05) is 5.01 Å². The molecule has 0 unspecified atom stereocenters. The van der Waals surface area contributed by atoms with E-state index in [0.717, 1.165) is 12.1 Å². The Kier molecular flexibility index (Phi) is 6.41. The standard InChI is InChI=1S/C21H23F3N6O4/c1-12(14-7-15(21(22,23)24)9-16(8-14)30(32)33)25-20-17-11-29(28-3-5-34-6-4-28)19(31)10-18(17)26-13(2)27-20/h7-9,12H,3-6,10-11H2,1-2H3,(H,25,26,27)/t12-/m1/s1. The molecule has 1 N–H and O–H groups in total. The summed E-state index contributed by atoms with van der Waals surface area (Å²) < 4.78 is 45.3. The predicted octanol–water partition coefficient (Wildman–Crippen LogP) is 3.02. The van der Waals surface area contributed by atoms with Gasteiger partial charge in [-0.05, 0) is 25.5 Å². The van der Waals surface area contributed by atoms with Gasteiger partial charge in [0.15, 0.2) is 0 Å². The molecule has 2 aliphatic heterocycles. The molecule has 182 valence electrons. The summed E-state index contributed by atoms with van der Waals surface area (Å²) in [5.74, 6) is 0.664. The predicted molar refractivity (Wildman–Crippen MR) is 114 cm³/mol. The van der Waals surface area contributed by atoms with Crippen LogP contribution in [0.2, 0.25) is 0 Å². The summed E-state index contributed by atoms with van der Waals surface area (Å²) >= 11 is 0. The first-order chi connectivity index (χ1) is 16.0. The van der Waals surface area contributed by atoms with E-state index in [9.17, 15) is 28.1 Å². The maximum atomic E-state index is 13.3. The number of benzene rings is 1. The Bertz CT molecular complexity index is 1120. The summed E-state index contributed by atoms with van der Waals surface area (Å²) in [4.78, 5) is 31.9. The van der Waals surface area contributed by atoms with Crippen molar-refractivity contribution in [3.63, 3.8) is 0 Å². The monoisotopic (exact) mass is 480 g/mol. The van der Waals surface area contributed by atoms with Gasteiger partial charge >= 0.3 is 6.18 Å². The quantitative estimate of drug-likeness (QED) is 0.513. The van der Waals surface area contributed by atoms with Gasteiger partial charge in [-0.25, -0.2) is 15.0 Å². The number of morpholine rings is 1. The van der Waals surface area contributed by atoms with Crippen molar-refractivity contribution in [3.05, 3.63) is 56.5 Å². The molecule has 4 rings (SSSR count). The number of nitrogens with one attached hydrogen (secondary N) is 1. The van der Waals surface area contributed by atoms with Crippen molar-refractivity contribution < 1.29 is 27.6 Å². The normalized spacial score (nSPS) is 17.9. The van der Waals surface area contributed by atoms with E-state index >= 15 is 0 Å². The highest BCUT2D eigenvalue weighted by Crippen LogP contribution is 2.35. The topological polar surface area (TPSA) is 114 Å². The lowest BCUT2D eigenvalue weighted by atomic mass is 10.0. The van der Waals surface area contributed by atoms with Crippen molar-refractivity contribution >= 4 is 17.4 Å². The Morgan fingerprint density at radius 3 is 2.56 bits per heavy atom. The highest BCUT2D eigenvalue weighted by Gasteiger charge is 2.34. The molecule has 1 amide bonds. The van der Waals surface area contributed by atoms with Gasteiger partial charge in [-0.15, -0.1) is 0 Å². The molecule has 0 radical (unpaired) electrons. The molecule has 1 aromatic carbocycles. The first kappa shape index (κ1) is 23.8. The molecule has 2 aromatic rings. The number of nitro groups is 1. The van der Waals surface area contributed by atoms with Crippen LogP contribution in [0, 0.1) is 17.0 Å². The fourth-order valence-electron chi connectivity index (χ4n) is 4.05. The zero-order chi connectivity index (χ0) is 24.6. The fraction of sp³-hybridized carbons (Fsp3) is 0.476. The maximum absolute atomic E-state index is 13.3. The largest absolute Gasteiger partial charge is 0.416 e. The van der Waals surface area contributed by atoms with Crippen LogP contribution >= 0.6 is 0 Å². The van der Waals surface area contributed by atoms with Crippen molar-refractivity contribution in [2.45, 2.75) is 39.0 Å². The van der Waals surface area contributed by atoms with Crippen molar-refractivity contribution in [1.82, 2.24) is 20.0 Å². The van der Waals surface area contributed by atoms with Gasteiger partial charge in [0.1, 0.15) is 11.6 Å². The van der Waals surface area contributed by atoms with Crippen LogP contribution in [0.4, 0.5) is 24.7 Å². The minimum Gasteiger partial charge on any atom is -0.379 e. The molecule has 0 spiro atoms. The van der Waals surface area contributed by atoms with Gasteiger partial charge in [-0.3, -0.25) is 19.9 Å². The van der Waals surface area contributed by atoms with Gasteiger partial charge in [-0.1, -0.05) is 0 Å². The number of carbonyl (C=O) groups excluding carboxylic acids is 1. The molecule has 10 nitrogen and oxygen atoms in total. The number of halogens is 3. The number of alkyl halides is 3. The van der Waals surface area contributed by atoms with Crippen molar-refractivity contribution in [3.8, 4) is 0 Å². The number of nitrogens with zero attached hydrogens (tertiary/aromatic N) is 5. The van der Waals surface area contributed by atoms with E-state index in [0.29, 0.717) is 55.3 Å². The number of aromatic nitrogens is 2. The second kappa shape index (κ2) is 9.14. The number of nitro benzene ring substituents is 1. The lowest BCUT2D eigenvalue weighted by Crippen LogP contribution is -2.53. The Labute approximate surface area is 192 Å². The van der Waals surface area contributed by atoms with Gasteiger partial charge in [0, 0.05) is 30.8 Å². The number of fused-ring (bicyclic) bond motifs is 1. The summed E-state index contributed by atoms with van der Waals surface area (Å²) in [6.45, 7) is 5.56. The molecule has 3 heterocycles. The van der Waals surface area contributed by atoms with Gasteiger partial charge < -0.3 is 10.1 Å². The zero-order valence-electron chi connectivity index (χ0n) is 18.6. The smallest absolute Gasteiger partial charge is 0.379 e. The summed E-state index contributed by atoms with van der Waals surface area (Å²) in [5, 5.41) is 17.8. The SMILES string of the molecule is Cc1nc2c(c(N[C@H](C)c3cc([N+](=O)[O-])cc(C(F)(F)F)c3)n1)CN(N1CCOCC1)C(=O)C2. The number of rotatable bonds is 5. The highest BCUT2D eigenvalue weighted by atomic mass is 19.4. The molecule has 1 atom stereocenters. The molecule has 34 heavy (non-hydrogen) atoms. The van der Waals surface area contributed by atoms with Crippen LogP contribution in [0.25, 0.3) is 0 Å². The van der Waals surface area contributed by atoms with Crippen LogP contribution in [0.15, 0.2) is 18.2 Å². The number of non-ortho nitro benzene ring substituents is 1. The third kappa shape index (κ3) is 4.94. The first-order valence-corrected chi connectivity index (χ1v) is 10.7. The molecule has 1 aromatic heterocycles. The molecule has 0 aliphatic carbocycles. The van der Waals surface area contributed by atoms with Crippen LogP contribution in [-0.2, 0) is 28.7 Å². The molecule has 13 heteroatoms. The molecular formula is C21H23F3N6O4. The lowest BCUT2D eigenvalue weighted by molar-refractivity contribution is -0.385. The molecule has 0 bridgehead atoms. The first-order valence-electron chi connectivity index (χ1n) is 10.7. The molecule has 1 fully saturated rings. The Balaban J connectivity index is 1.66. The van der Waals surface area contributed by atoms with Gasteiger partial charge in [-0.2, -0.15) is 13.2 Å². The summed E-state index contributed by atoms with van der Waals surface area (Å²) in [5.41, 5.74) is -0.459. The molecular weight excluding hydrogens is 457 g/mol. The van der Waals surface area contributed by atoms with Crippen LogP contribution in [0.1, 0.15) is 41.2 Å². The maximum Gasteiger partial charge on any atom is 0.416 e. The van der Waals surface area contributed by atoms with E-state index in [1.165, 1.54) is 0 Å². The summed E-state index contributed by atoms with van der Waals surface area (Å²) in [6, 6.07) is 1.76. The number of hydrogen-bond acceptors (Lipinski definition) is 8. The molecule has 2 aliphatic rings. The minimum atomic E-state index is -4.73. The average Bonchev–Trinajstić information content (AvgIpc) is 2.78. The van der Waals surface area contributed by atoms with E-state index in [-0.39, 0.29) is 24.4 Å². The van der Waals surface area contributed by atoms with Gasteiger partial charge in [0.2, 0.25) is 5.91 Å². The third-order valence-electron chi connectivity index (χ3n) is 5.78. The van der Waals surface area contributed by atoms with Gasteiger partial charge in [0.05, 0.1) is 48.4 Å². The number of amides is 1. The summed E-state index contributed by atoms with van der Waals surface area (Å²) in [7, 11) is 0. The van der Waals surface area contributed by atoms with E-state index in [2.05, 4.69) is 15.3 Å². The number of hydrogen-bond donors (Lipinski definition) is 1. The number of aryl methyl sites for hydroxylation is 1. The highest BCUT2D eigenvalue weighted by molar-refractivity contribution is 5.80. The Morgan fingerprint density at radius 2 is 1.91 bits per heavy atom. The second-order valence-electron chi connectivity index (χ2n) is 8.17. The van der Waals surface area contributed by atoms with Crippen molar-refractivity contribution in [2.24, 2.45) is 0 Å². The number of ether oxygens (including phenoxy) is 1. The van der Waals surface area contributed by atoms with E-state index < -0.39 is 28.4 Å². The zero-order valence-corrected chi connectivity index (χ0v) is 18.6. The average molecular weight is 480 g/mol. The minimum absolute atomic E-state index is 0.0636. The molecule has 1 saturated heterocycles. The van der Waals surface area contributed by atoms with Crippen molar-refractivity contribution in [2.75, 3.05) is 31.6 Å². The van der Waals surface area contributed by atoms with Gasteiger partial charge in [0.25, 0.3) is 5.69 Å². The van der Waals surface area contributed by atoms with E-state index in [4.69, 9.17) is 4.74 Å². The number of hydrazine groups is 1. The van der Waals surface area contributed by atoms with Crippen LogP contribution in [0.3, 0.4) is 0 Å². The number of carbonyl (C=O) groups is 1. The van der Waals surface area contributed by atoms with Crippen LogP contribution in [0.5, 0.6) is 0 Å². The third-order valence-corrected chi connectivity index (χ3v) is 5.78. The van der Waals surface area contributed by atoms with Crippen LogP contribution in [-0.4, -0.2) is 57.1 Å². The van der Waals surface area contributed by atoms with Crippen molar-refractivity contribution in [1.29, 1.82) is 0 Å². The van der Waals surface area contributed by atoms with E-state index in [1.54, 1.807) is 18.9 Å². The Hall–Kier alpha value is -3.32. The molecule has 0 saturated carbocycles. The van der Waals surface area contributed by atoms with Crippen LogP contribution < -0.4 is 5.32 Å². The lowest BCUT2D eigenvalue weighted by Gasteiger charge is -2.40.